The summed E-state index contributed by atoms with van der Waals surface area (Å²) in [5, 5.41) is 18.8. The van der Waals surface area contributed by atoms with Crippen LogP contribution in [0, 0.1) is 0 Å². The smallest absolute Gasteiger partial charge is 0.330 e. The van der Waals surface area contributed by atoms with Crippen LogP contribution in [0.1, 0.15) is 46.7 Å². The molecule has 0 saturated carbocycles. The van der Waals surface area contributed by atoms with Gasteiger partial charge in [0.05, 0.1) is 6.61 Å². The number of aromatic nitrogens is 2. The molecule has 1 unspecified atom stereocenters. The Morgan fingerprint density at radius 2 is 2.25 bits per heavy atom. The molecule has 2 heterocycles. The van der Waals surface area contributed by atoms with E-state index in [1.54, 1.807) is 24.3 Å². The minimum absolute atomic E-state index is 0.189. The molecule has 1 aliphatic heterocycles. The highest BCUT2D eigenvalue weighted by Crippen LogP contribution is 2.28. The van der Waals surface area contributed by atoms with Crippen molar-refractivity contribution in [2.75, 3.05) is 6.61 Å². The van der Waals surface area contributed by atoms with Gasteiger partial charge in [-0.15, -0.1) is 0 Å². The summed E-state index contributed by atoms with van der Waals surface area (Å²) >= 11 is 0. The quantitative estimate of drug-likeness (QED) is 0.750. The van der Waals surface area contributed by atoms with E-state index >= 15 is 0 Å². The molecule has 24 heavy (non-hydrogen) atoms. The van der Waals surface area contributed by atoms with Crippen molar-refractivity contribution < 1.29 is 19.4 Å². The number of aromatic amines is 1. The van der Waals surface area contributed by atoms with Crippen molar-refractivity contribution in [2.45, 2.75) is 32.2 Å². The van der Waals surface area contributed by atoms with E-state index < -0.39 is 17.9 Å². The number of aliphatic carboxylic acids is 1. The van der Waals surface area contributed by atoms with Crippen LogP contribution >= 0.6 is 0 Å². The van der Waals surface area contributed by atoms with Crippen molar-refractivity contribution in [3.05, 3.63) is 46.8 Å². The fraction of sp³-hybridized carbons (Fsp3) is 0.353. The van der Waals surface area contributed by atoms with Gasteiger partial charge in [-0.05, 0) is 35.7 Å². The van der Waals surface area contributed by atoms with E-state index in [0.29, 0.717) is 12.2 Å². The molecule has 126 valence electrons. The lowest BCUT2D eigenvalue weighted by Gasteiger charge is -2.15. The van der Waals surface area contributed by atoms with Crippen LogP contribution in [0.15, 0.2) is 24.3 Å². The fourth-order valence-corrected chi connectivity index (χ4v) is 2.75. The number of nitrogens with zero attached hydrogens (tertiary/aromatic N) is 1. The molecule has 1 amide bonds. The number of H-pyrrole nitrogens is 1. The van der Waals surface area contributed by atoms with Crippen molar-refractivity contribution in [3.63, 3.8) is 0 Å². The maximum atomic E-state index is 12.3. The van der Waals surface area contributed by atoms with Gasteiger partial charge in [-0.3, -0.25) is 9.89 Å². The summed E-state index contributed by atoms with van der Waals surface area (Å²) in [5.41, 5.74) is 2.51. The zero-order valence-corrected chi connectivity index (χ0v) is 13.3. The summed E-state index contributed by atoms with van der Waals surface area (Å²) in [6.45, 7) is 2.62. The standard InChI is InChI=1S/C17H19N3O4/c1-2-3-12-9-13(20-19-12)16(21)18-15(17(22)23)11-4-5-14-10(8-11)6-7-24-14/h4-5,8-9,15H,2-3,6-7H2,1H3,(H,18,21)(H,19,20)(H,22,23). The lowest BCUT2D eigenvalue weighted by molar-refractivity contribution is -0.139. The Morgan fingerprint density at radius 3 is 3.00 bits per heavy atom. The zero-order chi connectivity index (χ0) is 17.1. The van der Waals surface area contributed by atoms with Crippen molar-refractivity contribution >= 4 is 11.9 Å². The van der Waals surface area contributed by atoms with Crippen LogP contribution < -0.4 is 10.1 Å². The first-order chi connectivity index (χ1) is 11.6. The van der Waals surface area contributed by atoms with E-state index in [0.717, 1.165) is 36.3 Å². The van der Waals surface area contributed by atoms with Crippen LogP contribution in [0.25, 0.3) is 0 Å². The van der Waals surface area contributed by atoms with Crippen LogP contribution in [-0.2, 0) is 17.6 Å². The number of carbonyl (C=O) groups is 2. The predicted octanol–water partition coefficient (Wildman–Crippen LogP) is 1.85. The van der Waals surface area contributed by atoms with Gasteiger partial charge in [-0.25, -0.2) is 4.79 Å². The Hall–Kier alpha value is -2.83. The second kappa shape index (κ2) is 6.74. The molecule has 1 aromatic carbocycles. The number of hydrogen-bond donors (Lipinski definition) is 3. The number of aryl methyl sites for hydroxylation is 1. The van der Waals surface area contributed by atoms with Crippen molar-refractivity contribution in [2.24, 2.45) is 0 Å². The van der Waals surface area contributed by atoms with Gasteiger partial charge >= 0.3 is 5.97 Å². The zero-order valence-electron chi connectivity index (χ0n) is 13.3. The molecular weight excluding hydrogens is 310 g/mol. The van der Waals surface area contributed by atoms with Crippen LogP contribution in [-0.4, -0.2) is 33.8 Å². The molecule has 7 heteroatoms. The van der Waals surface area contributed by atoms with E-state index in [1.807, 2.05) is 6.92 Å². The fourth-order valence-electron chi connectivity index (χ4n) is 2.75. The largest absolute Gasteiger partial charge is 0.493 e. The summed E-state index contributed by atoms with van der Waals surface area (Å²) in [4.78, 5) is 23.9. The number of nitrogens with one attached hydrogen (secondary N) is 2. The molecule has 0 saturated heterocycles. The summed E-state index contributed by atoms with van der Waals surface area (Å²) in [5.74, 6) is -0.866. The van der Waals surface area contributed by atoms with E-state index in [4.69, 9.17) is 4.74 Å². The molecule has 1 aromatic heterocycles. The van der Waals surface area contributed by atoms with Gasteiger partial charge in [-0.1, -0.05) is 19.4 Å². The minimum atomic E-state index is -1.13. The number of carbonyl (C=O) groups excluding carboxylic acids is 1. The van der Waals surface area contributed by atoms with Crippen molar-refractivity contribution in [3.8, 4) is 5.75 Å². The van der Waals surface area contributed by atoms with Gasteiger partial charge in [0.25, 0.3) is 5.91 Å². The number of benzene rings is 1. The van der Waals surface area contributed by atoms with Crippen LogP contribution in [0.5, 0.6) is 5.75 Å². The third-order valence-electron chi connectivity index (χ3n) is 3.95. The molecule has 0 fully saturated rings. The SMILES string of the molecule is CCCc1cc(C(=O)NC(C(=O)O)c2ccc3c(c2)CCO3)n[nH]1. The minimum Gasteiger partial charge on any atom is -0.493 e. The van der Waals surface area contributed by atoms with Crippen molar-refractivity contribution in [1.29, 1.82) is 0 Å². The number of ether oxygens (including phenoxy) is 1. The van der Waals surface area contributed by atoms with Gasteiger partial charge in [0.15, 0.2) is 6.04 Å². The van der Waals surface area contributed by atoms with Gasteiger partial charge in [-0.2, -0.15) is 5.10 Å². The monoisotopic (exact) mass is 329 g/mol. The number of amides is 1. The maximum Gasteiger partial charge on any atom is 0.330 e. The molecule has 0 radical (unpaired) electrons. The third-order valence-corrected chi connectivity index (χ3v) is 3.95. The van der Waals surface area contributed by atoms with Crippen LogP contribution in [0.4, 0.5) is 0 Å². The molecule has 2 aromatic rings. The summed E-state index contributed by atoms with van der Waals surface area (Å²) in [6, 6.07) is 5.70. The van der Waals surface area contributed by atoms with Gasteiger partial charge < -0.3 is 15.2 Å². The Labute approximate surface area is 139 Å². The Balaban J connectivity index is 1.78. The van der Waals surface area contributed by atoms with Crippen molar-refractivity contribution in [1.82, 2.24) is 15.5 Å². The Bertz CT molecular complexity index is 769. The maximum absolute atomic E-state index is 12.3. The number of fused-ring (bicyclic) bond motifs is 1. The number of hydrogen-bond acceptors (Lipinski definition) is 4. The highest BCUT2D eigenvalue weighted by atomic mass is 16.5. The number of carboxylic acid groups (broad SMARTS) is 1. The highest BCUT2D eigenvalue weighted by molar-refractivity contribution is 5.95. The van der Waals surface area contributed by atoms with E-state index in [1.165, 1.54) is 0 Å². The molecule has 1 atom stereocenters. The third kappa shape index (κ3) is 3.24. The lowest BCUT2D eigenvalue weighted by atomic mass is 10.0. The normalized spacial score (nSPS) is 13.9. The molecular formula is C17H19N3O4. The Kier molecular flexibility index (Phi) is 4.50. The lowest BCUT2D eigenvalue weighted by Crippen LogP contribution is -2.34. The molecule has 7 nitrogen and oxygen atoms in total. The van der Waals surface area contributed by atoms with Gasteiger partial charge in [0, 0.05) is 12.1 Å². The van der Waals surface area contributed by atoms with Crippen LogP contribution in [0.2, 0.25) is 0 Å². The molecule has 3 rings (SSSR count). The molecule has 0 aliphatic carbocycles. The average Bonchev–Trinajstić information content (AvgIpc) is 3.20. The van der Waals surface area contributed by atoms with Gasteiger partial charge in [0.2, 0.25) is 0 Å². The predicted molar refractivity (Wildman–Crippen MR) is 86.1 cm³/mol. The first kappa shape index (κ1) is 16.0. The van der Waals surface area contributed by atoms with E-state index in [2.05, 4.69) is 15.5 Å². The highest BCUT2D eigenvalue weighted by Gasteiger charge is 2.25. The van der Waals surface area contributed by atoms with E-state index in [-0.39, 0.29) is 5.69 Å². The molecule has 0 spiro atoms. The first-order valence-corrected chi connectivity index (χ1v) is 7.92. The molecule has 1 aliphatic rings. The first-order valence-electron chi connectivity index (χ1n) is 7.92. The number of rotatable bonds is 6. The summed E-state index contributed by atoms with van der Waals surface area (Å²) in [7, 11) is 0. The topological polar surface area (TPSA) is 104 Å². The van der Waals surface area contributed by atoms with Crippen LogP contribution in [0.3, 0.4) is 0 Å². The summed E-state index contributed by atoms with van der Waals surface area (Å²) in [6.07, 6.45) is 2.45. The Morgan fingerprint density at radius 1 is 1.42 bits per heavy atom. The average molecular weight is 329 g/mol. The second-order valence-corrected chi connectivity index (χ2v) is 5.74. The van der Waals surface area contributed by atoms with Gasteiger partial charge in [0.1, 0.15) is 11.4 Å². The van der Waals surface area contributed by atoms with E-state index in [9.17, 15) is 14.7 Å². The molecule has 0 bridgehead atoms. The second-order valence-electron chi connectivity index (χ2n) is 5.74. The summed E-state index contributed by atoms with van der Waals surface area (Å²) < 4.78 is 5.42. The number of carboxylic acids is 1. The molecule has 3 N–H and O–H groups in total.